The number of piperidine rings is 1. The van der Waals surface area contributed by atoms with E-state index in [1.807, 2.05) is 0 Å². The highest BCUT2D eigenvalue weighted by Crippen LogP contribution is 2.46. The molecule has 2 aromatic rings. The Morgan fingerprint density at radius 2 is 1.70 bits per heavy atom. The van der Waals surface area contributed by atoms with E-state index in [1.165, 1.54) is 55.8 Å². The van der Waals surface area contributed by atoms with E-state index in [1.54, 1.807) is 7.11 Å². The maximum atomic E-state index is 5.34. The minimum Gasteiger partial charge on any atom is -0.497 e. The topological polar surface area (TPSA) is 17.4 Å². The minimum absolute atomic E-state index is 0.687. The van der Waals surface area contributed by atoms with Crippen LogP contribution in [-0.4, -0.2) is 34.7 Å². The molecule has 2 unspecified atom stereocenters. The summed E-state index contributed by atoms with van der Waals surface area (Å²) in [6.07, 6.45) is 12.2. The lowest BCUT2D eigenvalue weighted by atomic mass is 9.82. The average molecular weight is 310 g/mol. The lowest BCUT2D eigenvalue weighted by Gasteiger charge is -2.48. The molecule has 1 aliphatic carbocycles. The molecule has 0 spiro atoms. The summed E-state index contributed by atoms with van der Waals surface area (Å²) in [5.41, 5.74) is 1.36. The first kappa shape index (κ1) is 13.9. The Balaban J connectivity index is 1.33. The number of hydrogen-bond donors (Lipinski definition) is 0. The molecule has 3 aliphatic rings. The van der Waals surface area contributed by atoms with Gasteiger partial charge in [-0.1, -0.05) is 6.42 Å². The monoisotopic (exact) mass is 310 g/mol. The van der Waals surface area contributed by atoms with Gasteiger partial charge in [-0.3, -0.25) is 4.90 Å². The summed E-state index contributed by atoms with van der Waals surface area (Å²) in [6.45, 7) is 0. The number of rotatable bonds is 3. The number of benzene rings is 1. The van der Waals surface area contributed by atoms with Crippen molar-refractivity contribution in [3.05, 3.63) is 30.5 Å². The normalized spacial score (nSPS) is 33.8. The van der Waals surface area contributed by atoms with Crippen molar-refractivity contribution in [2.24, 2.45) is 0 Å². The van der Waals surface area contributed by atoms with E-state index in [9.17, 15) is 0 Å². The van der Waals surface area contributed by atoms with Crippen LogP contribution in [0.2, 0.25) is 0 Å². The summed E-state index contributed by atoms with van der Waals surface area (Å²) in [6, 6.07) is 12.0. The Kier molecular flexibility index (Phi) is 3.19. The van der Waals surface area contributed by atoms with E-state index in [0.29, 0.717) is 6.04 Å². The maximum Gasteiger partial charge on any atom is 0.119 e. The molecule has 3 fully saturated rings. The van der Waals surface area contributed by atoms with Crippen molar-refractivity contribution in [3.8, 4) is 5.75 Å². The van der Waals surface area contributed by atoms with Gasteiger partial charge in [-0.2, -0.15) is 0 Å². The van der Waals surface area contributed by atoms with Crippen LogP contribution in [0, 0.1) is 0 Å². The minimum atomic E-state index is 0.687. The molecule has 5 rings (SSSR count). The van der Waals surface area contributed by atoms with Crippen LogP contribution in [0.3, 0.4) is 0 Å². The van der Waals surface area contributed by atoms with E-state index in [2.05, 4.69) is 39.9 Å². The Morgan fingerprint density at radius 3 is 2.43 bits per heavy atom. The first-order chi connectivity index (χ1) is 11.3. The van der Waals surface area contributed by atoms with Gasteiger partial charge >= 0.3 is 0 Å². The molecule has 3 heteroatoms. The largest absolute Gasteiger partial charge is 0.497 e. The molecule has 1 aromatic heterocycles. The molecule has 0 N–H and O–H groups in total. The van der Waals surface area contributed by atoms with E-state index in [-0.39, 0.29) is 0 Å². The van der Waals surface area contributed by atoms with Crippen LogP contribution >= 0.6 is 0 Å². The molecule has 3 heterocycles. The van der Waals surface area contributed by atoms with Crippen molar-refractivity contribution < 1.29 is 4.74 Å². The van der Waals surface area contributed by atoms with Crippen molar-refractivity contribution in [3.63, 3.8) is 0 Å². The lowest BCUT2D eigenvalue weighted by molar-refractivity contribution is 0.0192. The summed E-state index contributed by atoms with van der Waals surface area (Å²) in [4.78, 5) is 2.91. The Hall–Kier alpha value is -1.48. The van der Waals surface area contributed by atoms with Crippen LogP contribution in [0.1, 0.15) is 51.0 Å². The fraction of sp³-hybridized carbons (Fsp3) is 0.600. The van der Waals surface area contributed by atoms with E-state index in [4.69, 9.17) is 4.74 Å². The SMILES string of the molecule is COc1ccc2c(ccn2C2CC(N3C4CCCC3CC4)C2)c1. The number of nitrogens with zero attached hydrogens (tertiary/aromatic N) is 2. The molecule has 2 bridgehead atoms. The van der Waals surface area contributed by atoms with E-state index < -0.39 is 0 Å². The molecule has 2 atom stereocenters. The van der Waals surface area contributed by atoms with Crippen molar-refractivity contribution in [2.45, 2.75) is 69.1 Å². The van der Waals surface area contributed by atoms with Gasteiger partial charge in [0, 0.05) is 41.3 Å². The number of hydrogen-bond acceptors (Lipinski definition) is 2. The second kappa shape index (κ2) is 5.27. The van der Waals surface area contributed by atoms with Gasteiger partial charge < -0.3 is 9.30 Å². The second-order valence-corrected chi connectivity index (χ2v) is 7.69. The van der Waals surface area contributed by atoms with Crippen LogP contribution in [0.5, 0.6) is 5.75 Å². The third-order valence-corrected chi connectivity index (χ3v) is 6.58. The predicted octanol–water partition coefficient (Wildman–Crippen LogP) is 4.37. The zero-order valence-electron chi connectivity index (χ0n) is 13.9. The first-order valence-electron chi connectivity index (χ1n) is 9.25. The Morgan fingerprint density at radius 1 is 0.913 bits per heavy atom. The van der Waals surface area contributed by atoms with Crippen LogP contribution in [0.4, 0.5) is 0 Å². The smallest absolute Gasteiger partial charge is 0.119 e. The summed E-state index contributed by atoms with van der Waals surface area (Å²) >= 11 is 0. The zero-order chi connectivity index (χ0) is 15.4. The van der Waals surface area contributed by atoms with Gasteiger partial charge in [-0.25, -0.2) is 0 Å². The zero-order valence-corrected chi connectivity index (χ0v) is 13.9. The average Bonchev–Trinajstić information content (AvgIpc) is 3.04. The molecule has 3 nitrogen and oxygen atoms in total. The number of fused-ring (bicyclic) bond motifs is 3. The van der Waals surface area contributed by atoms with Crippen LogP contribution in [-0.2, 0) is 0 Å². The third kappa shape index (κ3) is 2.13. The van der Waals surface area contributed by atoms with Crippen molar-refractivity contribution >= 4 is 10.9 Å². The molecule has 1 aromatic carbocycles. The highest BCUT2D eigenvalue weighted by molar-refractivity contribution is 5.81. The Labute approximate surface area is 138 Å². The van der Waals surface area contributed by atoms with Gasteiger partial charge in [0.05, 0.1) is 7.11 Å². The van der Waals surface area contributed by atoms with Gasteiger partial charge in [0.25, 0.3) is 0 Å². The quantitative estimate of drug-likeness (QED) is 0.837. The van der Waals surface area contributed by atoms with Gasteiger partial charge in [0.1, 0.15) is 5.75 Å². The van der Waals surface area contributed by atoms with Gasteiger partial charge in [-0.05, 0) is 62.8 Å². The molecule has 122 valence electrons. The summed E-state index contributed by atoms with van der Waals surface area (Å²) in [5, 5.41) is 1.30. The highest BCUT2D eigenvalue weighted by atomic mass is 16.5. The van der Waals surface area contributed by atoms with Crippen molar-refractivity contribution in [1.29, 1.82) is 0 Å². The van der Waals surface area contributed by atoms with Gasteiger partial charge in [0.2, 0.25) is 0 Å². The fourth-order valence-electron chi connectivity index (χ4n) is 5.37. The van der Waals surface area contributed by atoms with Crippen LogP contribution in [0.25, 0.3) is 10.9 Å². The van der Waals surface area contributed by atoms with Gasteiger partial charge in [0.15, 0.2) is 0 Å². The van der Waals surface area contributed by atoms with Gasteiger partial charge in [-0.15, -0.1) is 0 Å². The van der Waals surface area contributed by atoms with E-state index >= 15 is 0 Å². The maximum absolute atomic E-state index is 5.34. The van der Waals surface area contributed by atoms with Crippen molar-refractivity contribution in [2.75, 3.05) is 7.11 Å². The molecule has 0 amide bonds. The predicted molar refractivity (Wildman–Crippen MR) is 93.0 cm³/mol. The molecule has 23 heavy (non-hydrogen) atoms. The Bertz CT molecular complexity index is 700. The molecule has 0 radical (unpaired) electrons. The van der Waals surface area contributed by atoms with Crippen LogP contribution in [0.15, 0.2) is 30.5 Å². The lowest BCUT2D eigenvalue weighted by Crippen LogP contribution is -2.52. The van der Waals surface area contributed by atoms with E-state index in [0.717, 1.165) is 23.9 Å². The van der Waals surface area contributed by atoms with Crippen molar-refractivity contribution in [1.82, 2.24) is 9.47 Å². The number of aromatic nitrogens is 1. The molecular formula is C20H26N2O. The number of methoxy groups -OCH3 is 1. The highest BCUT2D eigenvalue weighted by Gasteiger charge is 2.45. The first-order valence-corrected chi connectivity index (χ1v) is 9.25. The summed E-state index contributed by atoms with van der Waals surface area (Å²) in [7, 11) is 1.74. The standard InChI is InChI=1S/C20H26N2O/c1-23-19-7-8-20-14(11-19)9-10-21(20)17-12-18(13-17)22-15-3-2-4-16(22)6-5-15/h7-11,15-18H,2-6,12-13H2,1H3. The number of ether oxygens (including phenoxy) is 1. The molecule has 2 aliphatic heterocycles. The molecular weight excluding hydrogens is 284 g/mol. The second-order valence-electron chi connectivity index (χ2n) is 7.69. The third-order valence-electron chi connectivity index (χ3n) is 6.58. The summed E-state index contributed by atoms with van der Waals surface area (Å²) in [5.74, 6) is 0.951. The molecule has 2 saturated heterocycles. The van der Waals surface area contributed by atoms with Crippen LogP contribution < -0.4 is 4.74 Å². The molecule has 1 saturated carbocycles. The fourth-order valence-corrected chi connectivity index (χ4v) is 5.37. The summed E-state index contributed by atoms with van der Waals surface area (Å²) < 4.78 is 7.84.